The van der Waals surface area contributed by atoms with Crippen molar-refractivity contribution in [2.45, 2.75) is 45.8 Å². The summed E-state index contributed by atoms with van der Waals surface area (Å²) in [6.45, 7) is 7.86. The summed E-state index contributed by atoms with van der Waals surface area (Å²) in [6.07, 6.45) is 0. The van der Waals surface area contributed by atoms with Crippen LogP contribution in [0.3, 0.4) is 0 Å². The highest BCUT2D eigenvalue weighted by atomic mass is 79.9. The van der Waals surface area contributed by atoms with Crippen LogP contribution in [0.1, 0.15) is 39.3 Å². The van der Waals surface area contributed by atoms with E-state index in [1.54, 1.807) is 0 Å². The van der Waals surface area contributed by atoms with Crippen LogP contribution in [-0.2, 0) is 4.79 Å². The van der Waals surface area contributed by atoms with Crippen molar-refractivity contribution < 1.29 is 4.79 Å². The number of hydrogen-bond donors (Lipinski definition) is 2. The summed E-state index contributed by atoms with van der Waals surface area (Å²) >= 11 is 3.52. The third-order valence-corrected chi connectivity index (χ3v) is 3.42. The second-order valence-electron chi connectivity index (χ2n) is 4.79. The zero-order chi connectivity index (χ0) is 13.7. The number of benzene rings is 1. The molecule has 0 aliphatic rings. The molecule has 0 heterocycles. The van der Waals surface area contributed by atoms with Crippen molar-refractivity contribution in [3.8, 4) is 0 Å². The maximum Gasteiger partial charge on any atom is 0.237 e. The highest BCUT2D eigenvalue weighted by Gasteiger charge is 2.17. The maximum absolute atomic E-state index is 11.8. The van der Waals surface area contributed by atoms with Gasteiger partial charge in [0.25, 0.3) is 0 Å². The Labute approximate surface area is 117 Å². The fourth-order valence-corrected chi connectivity index (χ4v) is 2.40. The zero-order valence-corrected chi connectivity index (χ0v) is 12.9. The van der Waals surface area contributed by atoms with Crippen LogP contribution in [0, 0.1) is 0 Å². The number of rotatable bonds is 5. The van der Waals surface area contributed by atoms with Gasteiger partial charge in [0, 0.05) is 16.6 Å². The number of hydrogen-bond acceptors (Lipinski definition) is 2. The summed E-state index contributed by atoms with van der Waals surface area (Å²) in [6, 6.07) is 8.11. The molecule has 0 aliphatic heterocycles. The number of carbonyl (C=O) groups is 1. The van der Waals surface area contributed by atoms with E-state index < -0.39 is 0 Å². The third kappa shape index (κ3) is 4.42. The standard InChI is InChI=1S/C14H21BrN2O/c1-9(2)16-14(18)11(4)17-10(3)12-7-5-6-8-13(12)15/h5-11,17H,1-4H3,(H,16,18)/t10-,11?/m0/s1. The molecule has 0 radical (unpaired) electrons. The van der Waals surface area contributed by atoms with Crippen LogP contribution in [0.4, 0.5) is 0 Å². The second-order valence-corrected chi connectivity index (χ2v) is 5.65. The Balaban J connectivity index is 2.62. The van der Waals surface area contributed by atoms with Crippen LogP contribution < -0.4 is 10.6 Å². The van der Waals surface area contributed by atoms with E-state index in [2.05, 4.69) is 39.6 Å². The monoisotopic (exact) mass is 312 g/mol. The Bertz CT molecular complexity index is 407. The first-order valence-electron chi connectivity index (χ1n) is 6.22. The molecule has 0 saturated heterocycles. The van der Waals surface area contributed by atoms with Crippen molar-refractivity contribution in [1.82, 2.24) is 10.6 Å². The van der Waals surface area contributed by atoms with E-state index >= 15 is 0 Å². The molecule has 1 unspecified atom stereocenters. The van der Waals surface area contributed by atoms with E-state index in [0.717, 1.165) is 10.0 Å². The zero-order valence-electron chi connectivity index (χ0n) is 11.3. The van der Waals surface area contributed by atoms with E-state index in [0.29, 0.717) is 0 Å². The minimum Gasteiger partial charge on any atom is -0.353 e. The lowest BCUT2D eigenvalue weighted by molar-refractivity contribution is -0.123. The number of carbonyl (C=O) groups excluding carboxylic acids is 1. The van der Waals surface area contributed by atoms with Crippen molar-refractivity contribution in [2.24, 2.45) is 0 Å². The van der Waals surface area contributed by atoms with E-state index in [9.17, 15) is 4.79 Å². The summed E-state index contributed by atoms with van der Waals surface area (Å²) < 4.78 is 1.06. The molecular formula is C14H21BrN2O. The van der Waals surface area contributed by atoms with Crippen LogP contribution in [0.15, 0.2) is 28.7 Å². The lowest BCUT2D eigenvalue weighted by atomic mass is 10.1. The van der Waals surface area contributed by atoms with Gasteiger partial charge in [0.1, 0.15) is 0 Å². The molecule has 2 atom stereocenters. The average molecular weight is 313 g/mol. The first kappa shape index (κ1) is 15.2. The fourth-order valence-electron chi connectivity index (χ4n) is 1.78. The average Bonchev–Trinajstić information content (AvgIpc) is 2.28. The fraction of sp³-hybridized carbons (Fsp3) is 0.500. The molecule has 1 aromatic rings. The Kier molecular flexibility index (Phi) is 5.82. The van der Waals surface area contributed by atoms with Crippen molar-refractivity contribution in [2.75, 3.05) is 0 Å². The Morgan fingerprint density at radius 2 is 1.78 bits per heavy atom. The van der Waals surface area contributed by atoms with E-state index in [-0.39, 0.29) is 24.0 Å². The summed E-state index contributed by atoms with van der Waals surface area (Å²) in [5, 5.41) is 6.20. The highest BCUT2D eigenvalue weighted by Crippen LogP contribution is 2.22. The SMILES string of the molecule is CC(C)NC(=O)C(C)N[C@@H](C)c1ccccc1Br. The minimum atomic E-state index is -0.213. The van der Waals surface area contributed by atoms with Crippen molar-refractivity contribution in [1.29, 1.82) is 0 Å². The Hall–Kier alpha value is -0.870. The minimum absolute atomic E-state index is 0.0314. The molecule has 0 fully saturated rings. The number of nitrogens with one attached hydrogen (secondary N) is 2. The summed E-state index contributed by atoms with van der Waals surface area (Å²) in [5.74, 6) is 0.0314. The van der Waals surface area contributed by atoms with Gasteiger partial charge in [-0.3, -0.25) is 10.1 Å². The first-order valence-corrected chi connectivity index (χ1v) is 7.02. The van der Waals surface area contributed by atoms with Gasteiger partial charge in [0.15, 0.2) is 0 Å². The van der Waals surface area contributed by atoms with Gasteiger partial charge in [0.05, 0.1) is 6.04 Å². The predicted octanol–water partition coefficient (Wildman–Crippen LogP) is 3.01. The Morgan fingerprint density at radius 1 is 1.17 bits per heavy atom. The van der Waals surface area contributed by atoms with Crippen LogP contribution in [0.5, 0.6) is 0 Å². The second kappa shape index (κ2) is 6.90. The van der Waals surface area contributed by atoms with Gasteiger partial charge in [-0.25, -0.2) is 0 Å². The molecule has 100 valence electrons. The van der Waals surface area contributed by atoms with E-state index in [1.807, 2.05) is 39.0 Å². The molecule has 0 bridgehead atoms. The summed E-state index contributed by atoms with van der Waals surface area (Å²) in [7, 11) is 0. The Morgan fingerprint density at radius 3 is 2.33 bits per heavy atom. The summed E-state index contributed by atoms with van der Waals surface area (Å²) in [5.41, 5.74) is 1.15. The molecule has 0 aliphatic carbocycles. The molecule has 1 aromatic carbocycles. The lowest BCUT2D eigenvalue weighted by Gasteiger charge is -2.21. The van der Waals surface area contributed by atoms with Crippen LogP contribution in [-0.4, -0.2) is 18.0 Å². The van der Waals surface area contributed by atoms with Crippen molar-refractivity contribution in [3.05, 3.63) is 34.3 Å². The van der Waals surface area contributed by atoms with Gasteiger partial charge >= 0.3 is 0 Å². The number of halogens is 1. The molecular weight excluding hydrogens is 292 g/mol. The highest BCUT2D eigenvalue weighted by molar-refractivity contribution is 9.10. The lowest BCUT2D eigenvalue weighted by Crippen LogP contribution is -2.45. The van der Waals surface area contributed by atoms with Crippen LogP contribution >= 0.6 is 15.9 Å². The smallest absolute Gasteiger partial charge is 0.237 e. The normalized spacial score (nSPS) is 14.3. The first-order chi connectivity index (χ1) is 8.41. The molecule has 18 heavy (non-hydrogen) atoms. The van der Waals surface area contributed by atoms with Crippen molar-refractivity contribution >= 4 is 21.8 Å². The molecule has 3 nitrogen and oxygen atoms in total. The van der Waals surface area contributed by atoms with Crippen LogP contribution in [0.25, 0.3) is 0 Å². The van der Waals surface area contributed by atoms with E-state index in [4.69, 9.17) is 0 Å². The van der Waals surface area contributed by atoms with Gasteiger partial charge in [-0.2, -0.15) is 0 Å². The largest absolute Gasteiger partial charge is 0.353 e. The molecule has 4 heteroatoms. The van der Waals surface area contributed by atoms with Gasteiger partial charge in [-0.1, -0.05) is 34.1 Å². The molecule has 0 aromatic heterocycles. The van der Waals surface area contributed by atoms with Crippen LogP contribution in [0.2, 0.25) is 0 Å². The molecule has 0 saturated carbocycles. The number of amides is 1. The molecule has 0 spiro atoms. The maximum atomic E-state index is 11.8. The van der Waals surface area contributed by atoms with Gasteiger partial charge in [-0.05, 0) is 39.3 Å². The summed E-state index contributed by atoms with van der Waals surface area (Å²) in [4.78, 5) is 11.8. The van der Waals surface area contributed by atoms with Gasteiger partial charge in [-0.15, -0.1) is 0 Å². The third-order valence-electron chi connectivity index (χ3n) is 2.70. The molecule has 1 rings (SSSR count). The van der Waals surface area contributed by atoms with E-state index in [1.165, 1.54) is 0 Å². The van der Waals surface area contributed by atoms with Gasteiger partial charge in [0.2, 0.25) is 5.91 Å². The molecule has 2 N–H and O–H groups in total. The quantitative estimate of drug-likeness (QED) is 0.877. The van der Waals surface area contributed by atoms with Crippen molar-refractivity contribution in [3.63, 3.8) is 0 Å². The molecule has 1 amide bonds. The topological polar surface area (TPSA) is 41.1 Å². The predicted molar refractivity (Wildman–Crippen MR) is 78.4 cm³/mol. The van der Waals surface area contributed by atoms with Gasteiger partial charge < -0.3 is 5.32 Å².